The second-order valence-electron chi connectivity index (χ2n) is 3.31. The van der Waals surface area contributed by atoms with Crippen LogP contribution in [0.2, 0.25) is 0 Å². The average molecular weight is 186 g/mol. The Labute approximate surface area is 79.3 Å². The Morgan fingerprint density at radius 3 is 3.00 bits per heavy atom. The summed E-state index contributed by atoms with van der Waals surface area (Å²) in [4.78, 5) is 0. The van der Waals surface area contributed by atoms with Gasteiger partial charge < -0.3 is 14.6 Å². The zero-order chi connectivity index (χ0) is 9.52. The number of hydrogen-bond donors (Lipinski definition) is 1. The van der Waals surface area contributed by atoms with E-state index in [0.29, 0.717) is 6.61 Å². The zero-order valence-corrected chi connectivity index (χ0v) is 7.95. The van der Waals surface area contributed by atoms with Gasteiger partial charge in [-0.2, -0.15) is 0 Å². The Morgan fingerprint density at radius 2 is 2.46 bits per heavy atom. The number of aliphatic hydroxyl groups is 1. The molecule has 3 heteroatoms. The van der Waals surface area contributed by atoms with E-state index in [-0.39, 0.29) is 18.8 Å². The second kappa shape index (κ2) is 6.13. The van der Waals surface area contributed by atoms with Gasteiger partial charge in [0.2, 0.25) is 0 Å². The summed E-state index contributed by atoms with van der Waals surface area (Å²) < 4.78 is 10.9. The summed E-state index contributed by atoms with van der Waals surface area (Å²) in [7, 11) is 0. The van der Waals surface area contributed by atoms with E-state index in [1.807, 2.05) is 0 Å². The lowest BCUT2D eigenvalue weighted by atomic mass is 10.2. The first-order valence-corrected chi connectivity index (χ1v) is 4.83. The van der Waals surface area contributed by atoms with Gasteiger partial charge in [-0.1, -0.05) is 6.08 Å². The lowest BCUT2D eigenvalue weighted by molar-refractivity contribution is -0.168. The Kier molecular flexibility index (Phi) is 5.05. The molecule has 0 radical (unpaired) electrons. The maximum absolute atomic E-state index is 8.86. The summed E-state index contributed by atoms with van der Waals surface area (Å²) in [5, 5.41) is 8.86. The first-order chi connectivity index (χ1) is 6.36. The molecule has 1 N–H and O–H groups in total. The molecule has 2 atom stereocenters. The van der Waals surface area contributed by atoms with Crippen LogP contribution in [0.5, 0.6) is 0 Å². The van der Waals surface area contributed by atoms with Crippen molar-refractivity contribution in [1.29, 1.82) is 0 Å². The molecule has 0 aromatic rings. The fourth-order valence-electron chi connectivity index (χ4n) is 1.27. The first-order valence-electron chi connectivity index (χ1n) is 4.83. The zero-order valence-electron chi connectivity index (χ0n) is 7.95. The topological polar surface area (TPSA) is 38.7 Å². The molecule has 0 spiro atoms. The standard InChI is InChI=1S/C10H18O3/c1-2-9(7-11)8-13-10-5-3-4-6-12-10/h2,9-11H,1,3-8H2. The van der Waals surface area contributed by atoms with Crippen LogP contribution in [0, 0.1) is 5.92 Å². The number of aliphatic hydroxyl groups excluding tert-OH is 1. The van der Waals surface area contributed by atoms with E-state index >= 15 is 0 Å². The molecule has 3 nitrogen and oxygen atoms in total. The minimum absolute atomic E-state index is 0.0329. The van der Waals surface area contributed by atoms with Gasteiger partial charge in [-0.3, -0.25) is 0 Å². The van der Waals surface area contributed by atoms with Crippen LogP contribution >= 0.6 is 0 Å². The first kappa shape index (κ1) is 10.7. The summed E-state index contributed by atoms with van der Waals surface area (Å²) in [5.41, 5.74) is 0. The van der Waals surface area contributed by atoms with E-state index in [0.717, 1.165) is 19.4 Å². The highest BCUT2D eigenvalue weighted by molar-refractivity contribution is 4.77. The predicted molar refractivity (Wildman–Crippen MR) is 50.3 cm³/mol. The molecule has 1 fully saturated rings. The normalized spacial score (nSPS) is 25.5. The van der Waals surface area contributed by atoms with Crippen LogP contribution in [-0.2, 0) is 9.47 Å². The number of hydrogen-bond acceptors (Lipinski definition) is 3. The predicted octanol–water partition coefficient (Wildman–Crippen LogP) is 1.32. The van der Waals surface area contributed by atoms with Crippen molar-refractivity contribution in [2.24, 2.45) is 5.92 Å². The molecular weight excluding hydrogens is 168 g/mol. The van der Waals surface area contributed by atoms with E-state index in [4.69, 9.17) is 14.6 Å². The summed E-state index contributed by atoms with van der Waals surface area (Å²) in [6.07, 6.45) is 4.91. The molecule has 0 bridgehead atoms. The number of rotatable bonds is 5. The molecule has 0 aliphatic carbocycles. The van der Waals surface area contributed by atoms with Crippen molar-refractivity contribution in [3.8, 4) is 0 Å². The van der Waals surface area contributed by atoms with E-state index < -0.39 is 0 Å². The SMILES string of the molecule is C=CC(CO)COC1CCCCO1. The maximum Gasteiger partial charge on any atom is 0.157 e. The highest BCUT2D eigenvalue weighted by atomic mass is 16.7. The molecule has 1 heterocycles. The second-order valence-corrected chi connectivity index (χ2v) is 3.31. The molecule has 0 amide bonds. The molecule has 1 aliphatic rings. The summed E-state index contributed by atoms with van der Waals surface area (Å²) in [6.45, 7) is 5.01. The Balaban J connectivity index is 2.12. The molecule has 0 aromatic carbocycles. The molecule has 0 aromatic heterocycles. The van der Waals surface area contributed by atoms with Crippen LogP contribution in [0.15, 0.2) is 12.7 Å². The van der Waals surface area contributed by atoms with Crippen molar-refractivity contribution in [3.63, 3.8) is 0 Å². The van der Waals surface area contributed by atoms with Crippen LogP contribution < -0.4 is 0 Å². The highest BCUT2D eigenvalue weighted by Crippen LogP contribution is 2.14. The highest BCUT2D eigenvalue weighted by Gasteiger charge is 2.15. The van der Waals surface area contributed by atoms with Crippen molar-refractivity contribution in [2.75, 3.05) is 19.8 Å². The van der Waals surface area contributed by atoms with Crippen LogP contribution in [0.4, 0.5) is 0 Å². The van der Waals surface area contributed by atoms with E-state index in [2.05, 4.69) is 6.58 Å². The van der Waals surface area contributed by atoms with Crippen LogP contribution in [0.3, 0.4) is 0 Å². The van der Waals surface area contributed by atoms with Gasteiger partial charge in [0, 0.05) is 12.5 Å². The lowest BCUT2D eigenvalue weighted by Gasteiger charge is -2.23. The van der Waals surface area contributed by atoms with Crippen molar-refractivity contribution >= 4 is 0 Å². The van der Waals surface area contributed by atoms with Crippen LogP contribution in [-0.4, -0.2) is 31.2 Å². The van der Waals surface area contributed by atoms with Gasteiger partial charge in [-0.25, -0.2) is 0 Å². The molecular formula is C10H18O3. The van der Waals surface area contributed by atoms with Gasteiger partial charge in [-0.05, 0) is 19.3 Å². The van der Waals surface area contributed by atoms with Gasteiger partial charge >= 0.3 is 0 Å². The third-order valence-electron chi connectivity index (χ3n) is 2.20. The number of ether oxygens (including phenoxy) is 2. The fraction of sp³-hybridized carbons (Fsp3) is 0.800. The van der Waals surface area contributed by atoms with Crippen LogP contribution in [0.1, 0.15) is 19.3 Å². The minimum Gasteiger partial charge on any atom is -0.396 e. The van der Waals surface area contributed by atoms with Gasteiger partial charge in [0.25, 0.3) is 0 Å². The van der Waals surface area contributed by atoms with Crippen molar-refractivity contribution in [1.82, 2.24) is 0 Å². The quantitative estimate of drug-likeness (QED) is 0.658. The molecule has 13 heavy (non-hydrogen) atoms. The van der Waals surface area contributed by atoms with Gasteiger partial charge in [0.1, 0.15) is 0 Å². The van der Waals surface area contributed by atoms with Crippen LogP contribution in [0.25, 0.3) is 0 Å². The fourth-order valence-corrected chi connectivity index (χ4v) is 1.27. The molecule has 76 valence electrons. The van der Waals surface area contributed by atoms with Crippen molar-refractivity contribution < 1.29 is 14.6 Å². The molecule has 2 unspecified atom stereocenters. The van der Waals surface area contributed by atoms with Gasteiger partial charge in [0.05, 0.1) is 13.2 Å². The monoisotopic (exact) mass is 186 g/mol. The lowest BCUT2D eigenvalue weighted by Crippen LogP contribution is -2.25. The summed E-state index contributed by atoms with van der Waals surface area (Å²) in [5.74, 6) is 0.0329. The Morgan fingerprint density at radius 1 is 1.62 bits per heavy atom. The third kappa shape index (κ3) is 3.89. The third-order valence-corrected chi connectivity index (χ3v) is 2.20. The molecule has 1 rings (SSSR count). The summed E-state index contributed by atoms with van der Waals surface area (Å²) >= 11 is 0. The Bertz CT molecular complexity index is 141. The maximum atomic E-state index is 8.86. The smallest absolute Gasteiger partial charge is 0.157 e. The van der Waals surface area contributed by atoms with Crippen molar-refractivity contribution in [2.45, 2.75) is 25.6 Å². The molecule has 0 saturated carbocycles. The van der Waals surface area contributed by atoms with Crippen molar-refractivity contribution in [3.05, 3.63) is 12.7 Å². The van der Waals surface area contributed by atoms with E-state index in [9.17, 15) is 0 Å². The molecule has 1 aliphatic heterocycles. The minimum atomic E-state index is -0.0669. The molecule has 1 saturated heterocycles. The average Bonchev–Trinajstić information content (AvgIpc) is 2.21. The Hall–Kier alpha value is -0.380. The van der Waals surface area contributed by atoms with E-state index in [1.165, 1.54) is 6.42 Å². The van der Waals surface area contributed by atoms with Gasteiger partial charge in [-0.15, -0.1) is 6.58 Å². The van der Waals surface area contributed by atoms with Gasteiger partial charge in [0.15, 0.2) is 6.29 Å². The largest absolute Gasteiger partial charge is 0.396 e. The summed E-state index contributed by atoms with van der Waals surface area (Å²) in [6, 6.07) is 0. The van der Waals surface area contributed by atoms with E-state index in [1.54, 1.807) is 6.08 Å².